The van der Waals surface area contributed by atoms with Crippen molar-refractivity contribution < 1.29 is 15.0 Å². The van der Waals surface area contributed by atoms with E-state index < -0.39 is 23.7 Å². The van der Waals surface area contributed by atoms with E-state index in [1.807, 2.05) is 24.3 Å². The molecule has 5 unspecified atom stereocenters. The lowest BCUT2D eigenvalue weighted by Gasteiger charge is -2.25. The van der Waals surface area contributed by atoms with Gasteiger partial charge in [0.1, 0.15) is 29.0 Å². The van der Waals surface area contributed by atoms with Crippen LogP contribution in [0, 0.1) is 5.41 Å². The molecule has 1 aliphatic heterocycles. The Morgan fingerprint density at radius 3 is 2.80 bits per heavy atom. The normalized spacial score (nSPS) is 28.7. The number of hydrogen-bond donors (Lipinski definition) is 3. The van der Waals surface area contributed by atoms with Crippen molar-refractivity contribution in [3.05, 3.63) is 58.0 Å². The first kappa shape index (κ1) is 22.7. The van der Waals surface area contributed by atoms with Crippen molar-refractivity contribution in [1.29, 1.82) is 0 Å². The Morgan fingerprint density at radius 1 is 1.20 bits per heavy atom. The summed E-state index contributed by atoms with van der Waals surface area (Å²) in [6.07, 6.45) is 1.38. The molecule has 4 aromatic rings. The van der Waals surface area contributed by atoms with Crippen molar-refractivity contribution in [2.75, 3.05) is 12.8 Å². The zero-order chi connectivity index (χ0) is 24.6. The van der Waals surface area contributed by atoms with Crippen molar-refractivity contribution in [2.24, 2.45) is 5.41 Å². The molecular weight excluding hydrogens is 536 g/mol. The van der Waals surface area contributed by atoms with E-state index in [4.69, 9.17) is 17.3 Å². The number of fused-ring (bicyclic) bond motifs is 2. The van der Waals surface area contributed by atoms with Crippen LogP contribution in [0.3, 0.4) is 0 Å². The third kappa shape index (κ3) is 3.20. The number of anilines is 1. The number of nitrogens with two attached hydrogens (primary N) is 1. The Balaban J connectivity index is 1.37. The number of halogens is 2. The number of hydrogen-bond acceptors (Lipinski definition) is 7. The SMILES string of the molecule is CN1C(=O)C2(CC1c1ccc3cc(Br)c(N)nc3c1)CC(n1ccc3c(Cl)ncnc31)C(O)C2O. The van der Waals surface area contributed by atoms with E-state index in [-0.39, 0.29) is 18.4 Å². The molecule has 1 aliphatic carbocycles. The fourth-order valence-electron chi connectivity index (χ4n) is 5.82. The molecule has 180 valence electrons. The van der Waals surface area contributed by atoms with Crippen molar-refractivity contribution >= 4 is 61.2 Å². The molecule has 1 spiro atoms. The first-order chi connectivity index (χ1) is 16.7. The summed E-state index contributed by atoms with van der Waals surface area (Å²) in [6, 6.07) is 8.71. The van der Waals surface area contributed by atoms with E-state index in [1.54, 1.807) is 28.8 Å². The maximum atomic E-state index is 13.6. The third-order valence-corrected chi connectivity index (χ3v) is 8.59. The first-order valence-corrected chi connectivity index (χ1v) is 12.3. The van der Waals surface area contributed by atoms with Gasteiger partial charge in [-0.2, -0.15) is 0 Å². The van der Waals surface area contributed by atoms with Gasteiger partial charge in [-0.1, -0.05) is 23.7 Å². The fourth-order valence-corrected chi connectivity index (χ4v) is 6.35. The molecule has 4 heterocycles. The molecule has 1 aromatic carbocycles. The molecule has 0 bridgehead atoms. The number of likely N-dealkylation sites (tertiary alicyclic amines) is 1. The lowest BCUT2D eigenvalue weighted by molar-refractivity contribution is -0.141. The number of nitrogens with zero attached hydrogens (tertiary/aromatic N) is 5. The minimum absolute atomic E-state index is 0.191. The van der Waals surface area contributed by atoms with E-state index in [2.05, 4.69) is 30.9 Å². The summed E-state index contributed by atoms with van der Waals surface area (Å²) in [6.45, 7) is 0. The second-order valence-electron chi connectivity index (χ2n) is 9.43. The van der Waals surface area contributed by atoms with Crippen molar-refractivity contribution in [3.63, 3.8) is 0 Å². The monoisotopic (exact) mass is 556 g/mol. The van der Waals surface area contributed by atoms with Crippen LogP contribution in [0.25, 0.3) is 21.9 Å². The highest BCUT2D eigenvalue weighted by molar-refractivity contribution is 9.10. The Morgan fingerprint density at radius 2 is 2.00 bits per heavy atom. The molecule has 2 aliphatic rings. The summed E-state index contributed by atoms with van der Waals surface area (Å²) in [4.78, 5) is 28.1. The molecule has 2 fully saturated rings. The smallest absolute Gasteiger partial charge is 0.231 e. The summed E-state index contributed by atoms with van der Waals surface area (Å²) in [7, 11) is 1.74. The van der Waals surface area contributed by atoms with Crippen LogP contribution in [0.1, 0.15) is 30.5 Å². The van der Waals surface area contributed by atoms with Crippen LogP contribution in [-0.4, -0.2) is 59.8 Å². The molecule has 5 atom stereocenters. The largest absolute Gasteiger partial charge is 0.389 e. The highest BCUT2D eigenvalue weighted by atomic mass is 79.9. The number of pyridine rings is 1. The number of benzene rings is 1. The number of rotatable bonds is 2. The van der Waals surface area contributed by atoms with Crippen LogP contribution >= 0.6 is 27.5 Å². The van der Waals surface area contributed by atoms with Crippen molar-refractivity contribution in [3.8, 4) is 0 Å². The van der Waals surface area contributed by atoms with Gasteiger partial charge < -0.3 is 25.4 Å². The molecular formula is C24H22BrClN6O3. The topological polar surface area (TPSA) is 130 Å². The number of aliphatic hydroxyl groups excluding tert-OH is 2. The fraction of sp³-hybridized carbons (Fsp3) is 0.333. The maximum Gasteiger partial charge on any atom is 0.231 e. The molecule has 6 rings (SSSR count). The van der Waals surface area contributed by atoms with Gasteiger partial charge in [-0.05, 0) is 52.5 Å². The van der Waals surface area contributed by atoms with Gasteiger partial charge in [0.2, 0.25) is 5.91 Å². The van der Waals surface area contributed by atoms with Gasteiger partial charge in [0.05, 0.1) is 39.0 Å². The van der Waals surface area contributed by atoms with Crippen LogP contribution in [0.2, 0.25) is 5.15 Å². The average molecular weight is 558 g/mol. The third-order valence-electron chi connectivity index (χ3n) is 7.65. The van der Waals surface area contributed by atoms with E-state index in [0.29, 0.717) is 28.4 Å². The number of carbonyl (C=O) groups is 1. The standard InChI is InChI=1S/C24H22BrClN6O3/c1-31-16(12-3-2-11-6-14(25)21(27)30-15(11)7-12)8-24(23(31)35)9-17(18(33)19(24)34)32-5-4-13-20(26)28-10-29-22(13)32/h2-7,10,16-19,33-34H,8-9H2,1H3,(H2,27,30). The van der Waals surface area contributed by atoms with Crippen LogP contribution in [0.4, 0.5) is 5.82 Å². The van der Waals surface area contributed by atoms with Gasteiger partial charge >= 0.3 is 0 Å². The lowest BCUT2D eigenvalue weighted by atomic mass is 9.79. The van der Waals surface area contributed by atoms with E-state index in [9.17, 15) is 15.0 Å². The van der Waals surface area contributed by atoms with E-state index >= 15 is 0 Å². The predicted molar refractivity (Wildman–Crippen MR) is 135 cm³/mol. The van der Waals surface area contributed by atoms with Crippen molar-refractivity contribution in [2.45, 2.75) is 37.1 Å². The van der Waals surface area contributed by atoms with E-state index in [0.717, 1.165) is 20.9 Å². The molecule has 1 saturated carbocycles. The van der Waals surface area contributed by atoms with Gasteiger partial charge in [0.25, 0.3) is 0 Å². The predicted octanol–water partition coefficient (Wildman–Crippen LogP) is 3.23. The molecule has 9 nitrogen and oxygen atoms in total. The summed E-state index contributed by atoms with van der Waals surface area (Å²) in [5.41, 5.74) is 7.03. The first-order valence-electron chi connectivity index (χ1n) is 11.2. The van der Waals surface area contributed by atoms with E-state index in [1.165, 1.54) is 6.33 Å². The Labute approximate surface area is 213 Å². The quantitative estimate of drug-likeness (QED) is 0.323. The number of aliphatic hydroxyl groups is 2. The molecule has 1 amide bonds. The van der Waals surface area contributed by atoms with Gasteiger partial charge in [-0.25, -0.2) is 15.0 Å². The highest BCUT2D eigenvalue weighted by Gasteiger charge is 2.63. The molecule has 0 radical (unpaired) electrons. The zero-order valence-electron chi connectivity index (χ0n) is 18.6. The molecule has 11 heteroatoms. The molecule has 3 aromatic heterocycles. The van der Waals surface area contributed by atoms with Gasteiger partial charge in [0, 0.05) is 18.6 Å². The summed E-state index contributed by atoms with van der Waals surface area (Å²) < 4.78 is 2.51. The molecule has 35 heavy (non-hydrogen) atoms. The van der Waals surface area contributed by atoms with Crippen LogP contribution in [0.5, 0.6) is 0 Å². The number of nitrogen functional groups attached to an aromatic ring is 1. The van der Waals surface area contributed by atoms with Gasteiger partial charge in [-0.15, -0.1) is 0 Å². The average Bonchev–Trinajstić information content (AvgIpc) is 3.46. The van der Waals surface area contributed by atoms with Crippen LogP contribution < -0.4 is 5.73 Å². The second kappa shape index (κ2) is 7.86. The number of aromatic nitrogens is 4. The molecule has 4 N–H and O–H groups in total. The lowest BCUT2D eigenvalue weighted by Crippen LogP contribution is -2.42. The van der Waals surface area contributed by atoms with Crippen LogP contribution in [0.15, 0.2) is 47.3 Å². The maximum absolute atomic E-state index is 13.6. The number of amides is 1. The summed E-state index contributed by atoms with van der Waals surface area (Å²) in [5.74, 6) is 0.200. The van der Waals surface area contributed by atoms with Crippen molar-refractivity contribution in [1.82, 2.24) is 24.4 Å². The Kier molecular flexibility index (Phi) is 5.09. The summed E-state index contributed by atoms with van der Waals surface area (Å²) >= 11 is 9.60. The molecule has 1 saturated heterocycles. The summed E-state index contributed by atoms with van der Waals surface area (Å²) in [5, 5.41) is 24.2. The van der Waals surface area contributed by atoms with Crippen LogP contribution in [-0.2, 0) is 4.79 Å². The minimum Gasteiger partial charge on any atom is -0.389 e. The number of carbonyl (C=O) groups excluding carboxylic acids is 1. The van der Waals surface area contributed by atoms with Gasteiger partial charge in [0.15, 0.2) is 0 Å². The Hall–Kier alpha value is -2.79. The Bertz CT molecular complexity index is 1510. The second-order valence-corrected chi connectivity index (χ2v) is 10.6. The minimum atomic E-state index is -1.23. The highest BCUT2D eigenvalue weighted by Crippen LogP contribution is 2.56. The van der Waals surface area contributed by atoms with Gasteiger partial charge in [-0.3, -0.25) is 4.79 Å². The zero-order valence-corrected chi connectivity index (χ0v) is 21.0.